The Labute approximate surface area is 189 Å². The minimum Gasteiger partial charge on any atom is -0.466 e. The molecule has 0 saturated heterocycles. The van der Waals surface area contributed by atoms with Gasteiger partial charge in [0.05, 0.1) is 33.9 Å². The molecule has 3 aromatic rings. The molecule has 32 heavy (non-hydrogen) atoms. The van der Waals surface area contributed by atoms with Crippen molar-refractivity contribution < 1.29 is 14.5 Å². The number of rotatable bonds is 4. The van der Waals surface area contributed by atoms with Crippen LogP contribution in [0.4, 0.5) is 5.69 Å². The number of halogens is 1. The van der Waals surface area contributed by atoms with Crippen LogP contribution in [0.15, 0.2) is 63.8 Å². The second-order valence-electron chi connectivity index (χ2n) is 6.83. The van der Waals surface area contributed by atoms with Crippen molar-refractivity contribution in [2.45, 2.75) is 13.0 Å². The first-order valence-electron chi connectivity index (χ1n) is 9.26. The molecule has 1 aliphatic rings. The van der Waals surface area contributed by atoms with E-state index in [4.69, 9.17) is 16.3 Å². The first-order chi connectivity index (χ1) is 15.3. The van der Waals surface area contributed by atoms with Crippen LogP contribution in [0.1, 0.15) is 24.1 Å². The van der Waals surface area contributed by atoms with Gasteiger partial charge in [0, 0.05) is 18.5 Å². The molecule has 0 aliphatic carbocycles. The molecule has 1 aliphatic heterocycles. The van der Waals surface area contributed by atoms with Gasteiger partial charge in [-0.05, 0) is 36.3 Å². The van der Waals surface area contributed by atoms with Gasteiger partial charge in [-0.1, -0.05) is 35.1 Å². The van der Waals surface area contributed by atoms with Crippen molar-refractivity contribution in [3.63, 3.8) is 0 Å². The molecule has 4 rings (SSSR count). The number of methoxy groups -OCH3 is 1. The summed E-state index contributed by atoms with van der Waals surface area (Å²) in [6, 6.07) is 6.75. The third kappa shape index (κ3) is 3.74. The summed E-state index contributed by atoms with van der Waals surface area (Å²) in [5, 5.41) is 11.4. The first-order valence-corrected chi connectivity index (χ1v) is 10.5. The molecule has 0 amide bonds. The van der Waals surface area contributed by atoms with Crippen LogP contribution in [0.25, 0.3) is 6.08 Å². The monoisotopic (exact) mass is 470 g/mol. The molecule has 9 nitrogen and oxygen atoms in total. The number of nitro groups is 1. The fraction of sp³-hybridized carbons (Fsp3) is 0.143. The summed E-state index contributed by atoms with van der Waals surface area (Å²) in [5.41, 5.74) is 0.804. The van der Waals surface area contributed by atoms with E-state index in [9.17, 15) is 19.7 Å². The lowest BCUT2D eigenvalue weighted by Gasteiger charge is -2.24. The highest BCUT2D eigenvalue weighted by molar-refractivity contribution is 7.07. The molecule has 3 heterocycles. The molecule has 1 atom stereocenters. The van der Waals surface area contributed by atoms with Gasteiger partial charge in [0.2, 0.25) is 0 Å². The molecule has 1 unspecified atom stereocenters. The normalized spacial score (nSPS) is 15.8. The van der Waals surface area contributed by atoms with Gasteiger partial charge >= 0.3 is 5.97 Å². The van der Waals surface area contributed by atoms with Crippen LogP contribution >= 0.6 is 22.9 Å². The number of pyridine rings is 1. The summed E-state index contributed by atoms with van der Waals surface area (Å²) >= 11 is 7.12. The van der Waals surface area contributed by atoms with Gasteiger partial charge in [-0.15, -0.1) is 0 Å². The Morgan fingerprint density at radius 1 is 1.38 bits per heavy atom. The number of thiazole rings is 1. The van der Waals surface area contributed by atoms with Crippen LogP contribution < -0.4 is 14.9 Å². The predicted octanol–water partition coefficient (Wildman–Crippen LogP) is 2.36. The Morgan fingerprint density at radius 3 is 2.81 bits per heavy atom. The van der Waals surface area contributed by atoms with Crippen molar-refractivity contribution in [2.24, 2.45) is 4.99 Å². The highest BCUT2D eigenvalue weighted by Crippen LogP contribution is 2.34. The van der Waals surface area contributed by atoms with Crippen molar-refractivity contribution in [1.82, 2.24) is 9.55 Å². The summed E-state index contributed by atoms with van der Waals surface area (Å²) in [4.78, 5) is 45.7. The zero-order valence-electron chi connectivity index (χ0n) is 16.8. The van der Waals surface area contributed by atoms with Gasteiger partial charge < -0.3 is 4.74 Å². The minimum absolute atomic E-state index is 0.0527. The Balaban J connectivity index is 2.01. The molecule has 0 spiro atoms. The maximum atomic E-state index is 13.4. The highest BCUT2D eigenvalue weighted by Gasteiger charge is 2.34. The lowest BCUT2D eigenvalue weighted by molar-refractivity contribution is -0.384. The number of hydrogen-bond acceptors (Lipinski definition) is 8. The Kier molecular flexibility index (Phi) is 5.72. The average Bonchev–Trinajstić information content (AvgIpc) is 3.07. The topological polar surface area (TPSA) is 117 Å². The van der Waals surface area contributed by atoms with Gasteiger partial charge in [-0.2, -0.15) is 0 Å². The second-order valence-corrected chi connectivity index (χ2v) is 8.24. The van der Waals surface area contributed by atoms with Gasteiger partial charge in [0.15, 0.2) is 4.80 Å². The van der Waals surface area contributed by atoms with Gasteiger partial charge in [-0.25, -0.2) is 9.79 Å². The van der Waals surface area contributed by atoms with Crippen LogP contribution in [-0.2, 0) is 9.53 Å². The Morgan fingerprint density at radius 2 is 2.16 bits per heavy atom. The highest BCUT2D eigenvalue weighted by atomic mass is 35.5. The fourth-order valence-electron chi connectivity index (χ4n) is 3.46. The number of benzene rings is 1. The number of carbonyl (C=O) groups is 1. The molecule has 0 radical (unpaired) electrons. The third-order valence-electron chi connectivity index (χ3n) is 4.89. The van der Waals surface area contributed by atoms with Crippen LogP contribution in [0.3, 0.4) is 0 Å². The van der Waals surface area contributed by atoms with Crippen molar-refractivity contribution in [3.05, 3.63) is 99.9 Å². The summed E-state index contributed by atoms with van der Waals surface area (Å²) in [6.45, 7) is 1.63. The SMILES string of the molecule is COC(=O)C1=C(C)N=c2sc(=Cc3cccnc3)c(=O)n2C1c1ccc(Cl)c([N+](=O)[O-])c1. The molecular weight excluding hydrogens is 456 g/mol. The van der Waals surface area contributed by atoms with E-state index in [-0.39, 0.29) is 16.3 Å². The van der Waals surface area contributed by atoms with Crippen LogP contribution in [0, 0.1) is 10.1 Å². The lowest BCUT2D eigenvalue weighted by atomic mass is 9.95. The van der Waals surface area contributed by atoms with Gasteiger partial charge in [-0.3, -0.25) is 24.5 Å². The molecular formula is C21H15ClN4O5S. The first kappa shape index (κ1) is 21.6. The summed E-state index contributed by atoms with van der Waals surface area (Å²) in [5.74, 6) is -0.685. The van der Waals surface area contributed by atoms with E-state index in [1.807, 2.05) is 0 Å². The molecule has 11 heteroatoms. The minimum atomic E-state index is -0.967. The number of nitro benzene ring substituents is 1. The quantitative estimate of drug-likeness (QED) is 0.328. The van der Waals surface area contributed by atoms with Crippen LogP contribution in [-0.4, -0.2) is 27.6 Å². The van der Waals surface area contributed by atoms with Crippen LogP contribution in [0.2, 0.25) is 5.02 Å². The van der Waals surface area contributed by atoms with E-state index in [2.05, 4.69) is 9.98 Å². The molecule has 162 valence electrons. The number of hydrogen-bond donors (Lipinski definition) is 0. The maximum absolute atomic E-state index is 13.4. The smallest absolute Gasteiger partial charge is 0.338 e. The zero-order valence-corrected chi connectivity index (χ0v) is 18.4. The number of esters is 1. The van der Waals surface area contributed by atoms with E-state index in [0.29, 0.717) is 20.6 Å². The number of nitrogens with zero attached hydrogens (tertiary/aromatic N) is 4. The van der Waals surface area contributed by atoms with Gasteiger partial charge in [0.25, 0.3) is 11.2 Å². The van der Waals surface area contributed by atoms with Crippen LogP contribution in [0.5, 0.6) is 0 Å². The van der Waals surface area contributed by atoms with E-state index in [0.717, 1.165) is 16.9 Å². The number of carbonyl (C=O) groups excluding carboxylic acids is 1. The standard InChI is InChI=1S/C21H15ClN4O5S/c1-11-17(20(28)31-2)18(13-5-6-14(22)15(9-13)26(29)30)25-19(27)16(32-21(25)24-11)8-12-4-3-7-23-10-12/h3-10,18H,1-2H3. The predicted molar refractivity (Wildman–Crippen MR) is 118 cm³/mol. The number of allylic oxidation sites excluding steroid dienone is 1. The van der Waals surface area contributed by atoms with E-state index in [1.165, 1.54) is 23.8 Å². The maximum Gasteiger partial charge on any atom is 0.338 e. The van der Waals surface area contributed by atoms with Crippen molar-refractivity contribution in [2.75, 3.05) is 7.11 Å². The molecule has 1 aromatic carbocycles. The van der Waals surface area contributed by atoms with E-state index < -0.39 is 22.5 Å². The summed E-state index contributed by atoms with van der Waals surface area (Å²) < 4.78 is 6.65. The number of fused-ring (bicyclic) bond motifs is 1. The molecule has 0 fully saturated rings. The Bertz CT molecular complexity index is 1460. The fourth-order valence-corrected chi connectivity index (χ4v) is 4.69. The molecule has 2 aromatic heterocycles. The Hall–Kier alpha value is -3.63. The largest absolute Gasteiger partial charge is 0.466 e. The molecule has 0 saturated carbocycles. The molecule has 0 N–H and O–H groups in total. The summed E-state index contributed by atoms with van der Waals surface area (Å²) in [6.07, 6.45) is 4.91. The molecule has 0 bridgehead atoms. The van der Waals surface area contributed by atoms with Gasteiger partial charge in [0.1, 0.15) is 5.02 Å². The zero-order chi connectivity index (χ0) is 23.0. The number of aromatic nitrogens is 2. The average molecular weight is 471 g/mol. The van der Waals surface area contributed by atoms with E-state index >= 15 is 0 Å². The van der Waals surface area contributed by atoms with Crippen molar-refractivity contribution >= 4 is 40.7 Å². The number of ether oxygens (including phenoxy) is 1. The third-order valence-corrected chi connectivity index (χ3v) is 6.19. The summed E-state index contributed by atoms with van der Waals surface area (Å²) in [7, 11) is 1.22. The van der Waals surface area contributed by atoms with Crippen molar-refractivity contribution in [1.29, 1.82) is 0 Å². The van der Waals surface area contributed by atoms with E-state index in [1.54, 1.807) is 43.6 Å². The second kappa shape index (κ2) is 8.48. The van der Waals surface area contributed by atoms with Crippen molar-refractivity contribution in [3.8, 4) is 0 Å². The lowest BCUT2D eigenvalue weighted by Crippen LogP contribution is -2.39.